The summed E-state index contributed by atoms with van der Waals surface area (Å²) in [5.41, 5.74) is 1.88. The van der Waals surface area contributed by atoms with Gasteiger partial charge in [-0.15, -0.1) is 0 Å². The monoisotopic (exact) mass is 494 g/mol. The number of nitrogens with one attached hydrogen (secondary N) is 1. The van der Waals surface area contributed by atoms with Crippen LogP contribution in [0, 0.1) is 17.8 Å². The van der Waals surface area contributed by atoms with Gasteiger partial charge in [0.25, 0.3) is 11.8 Å². The average molecular weight is 495 g/mol. The molecule has 0 unspecified atom stereocenters. The molecule has 1 N–H and O–H groups in total. The number of nitrogens with zero attached hydrogens (tertiary/aromatic N) is 1. The Hall–Kier alpha value is -2.67. The van der Waals surface area contributed by atoms with E-state index in [0.29, 0.717) is 16.1 Å². The van der Waals surface area contributed by atoms with Crippen LogP contribution in [-0.4, -0.2) is 17.8 Å². The number of carbonyl (C=O) groups excluding carboxylic acids is 3. The summed E-state index contributed by atoms with van der Waals surface area (Å²) in [6.45, 7) is 0. The Kier molecular flexibility index (Phi) is 4.47. The highest BCUT2D eigenvalue weighted by atomic mass is 79.9. The zero-order valence-corrected chi connectivity index (χ0v) is 19.1. The van der Waals surface area contributed by atoms with Gasteiger partial charge >= 0.3 is 6.03 Å². The standard InChI is InChI=1S/C25H23BrN2O4/c26-21-6-5-19(32-21)10-20-22(29)27-24(31)28(23(20)30)18-3-1-17(2-4-18)25-11-14-7-15(12-25)9-16(8-14)13-25/h1-6,10,14-16H,7-9,11-13H2,(H,27,29,31)/b20-10+. The zero-order valence-electron chi connectivity index (χ0n) is 17.5. The minimum absolute atomic E-state index is 0.142. The van der Waals surface area contributed by atoms with Gasteiger partial charge in [0, 0.05) is 0 Å². The summed E-state index contributed by atoms with van der Waals surface area (Å²) in [5, 5.41) is 2.26. The third kappa shape index (κ3) is 3.17. The van der Waals surface area contributed by atoms with Crippen molar-refractivity contribution < 1.29 is 18.8 Å². The van der Waals surface area contributed by atoms with Crippen LogP contribution in [0.4, 0.5) is 10.5 Å². The van der Waals surface area contributed by atoms with Gasteiger partial charge in [-0.3, -0.25) is 14.9 Å². The quantitative estimate of drug-likeness (QED) is 0.471. The van der Waals surface area contributed by atoms with Crippen LogP contribution in [0.3, 0.4) is 0 Å². The molecule has 2 aromatic rings. The maximum atomic E-state index is 13.1. The molecule has 0 radical (unpaired) electrons. The van der Waals surface area contributed by atoms with E-state index in [1.165, 1.54) is 50.2 Å². The molecule has 164 valence electrons. The van der Waals surface area contributed by atoms with Gasteiger partial charge in [-0.2, -0.15) is 0 Å². The van der Waals surface area contributed by atoms with Crippen molar-refractivity contribution in [3.8, 4) is 0 Å². The lowest BCUT2D eigenvalue weighted by atomic mass is 9.48. The van der Waals surface area contributed by atoms with Crippen molar-refractivity contribution >= 4 is 45.5 Å². The first-order valence-electron chi connectivity index (χ1n) is 11.2. The van der Waals surface area contributed by atoms with E-state index in [1.54, 1.807) is 12.1 Å². The van der Waals surface area contributed by atoms with Crippen molar-refractivity contribution in [3.05, 3.63) is 58.0 Å². The number of furan rings is 1. The van der Waals surface area contributed by atoms with Crippen LogP contribution in [-0.2, 0) is 15.0 Å². The third-order valence-corrected chi connectivity index (χ3v) is 8.18. The lowest BCUT2D eigenvalue weighted by Crippen LogP contribution is -2.54. The molecule has 5 aliphatic rings. The van der Waals surface area contributed by atoms with Gasteiger partial charge in [0.2, 0.25) is 0 Å². The predicted octanol–water partition coefficient (Wildman–Crippen LogP) is 5.18. The average Bonchev–Trinajstić information content (AvgIpc) is 3.15. The first-order valence-corrected chi connectivity index (χ1v) is 12.0. The minimum atomic E-state index is -0.736. The van der Waals surface area contributed by atoms with Crippen LogP contribution >= 0.6 is 15.9 Å². The molecule has 4 bridgehead atoms. The number of benzene rings is 1. The number of hydrogen-bond acceptors (Lipinski definition) is 4. The molecule has 5 fully saturated rings. The van der Waals surface area contributed by atoms with Crippen molar-refractivity contribution in [3.63, 3.8) is 0 Å². The van der Waals surface area contributed by atoms with Gasteiger partial charge in [0.15, 0.2) is 4.67 Å². The SMILES string of the molecule is O=C1NC(=O)N(c2ccc(C34CC5CC(CC(C5)C3)C4)cc2)C(=O)/C1=C/c1ccc(Br)o1. The first-order chi connectivity index (χ1) is 15.4. The number of halogens is 1. The molecule has 4 aliphatic carbocycles. The van der Waals surface area contributed by atoms with Gasteiger partial charge < -0.3 is 4.42 Å². The molecule has 1 aromatic heterocycles. The number of hydrogen-bond donors (Lipinski definition) is 1. The molecule has 7 rings (SSSR count). The van der Waals surface area contributed by atoms with Gasteiger partial charge in [-0.05, 0) is 114 Å². The smallest absolute Gasteiger partial charge is 0.335 e. The van der Waals surface area contributed by atoms with Gasteiger partial charge in [-0.25, -0.2) is 9.69 Å². The maximum absolute atomic E-state index is 13.1. The predicted molar refractivity (Wildman–Crippen MR) is 122 cm³/mol. The molecule has 1 aliphatic heterocycles. The Labute approximate surface area is 194 Å². The Morgan fingerprint density at radius 3 is 2.12 bits per heavy atom. The fourth-order valence-electron chi connectivity index (χ4n) is 6.87. The Bertz CT molecular complexity index is 1130. The number of imide groups is 2. The Morgan fingerprint density at radius 1 is 0.938 bits per heavy atom. The normalized spacial score (nSPS) is 32.7. The highest BCUT2D eigenvalue weighted by Crippen LogP contribution is 2.60. The van der Waals surface area contributed by atoms with Crippen LogP contribution in [0.25, 0.3) is 6.08 Å². The number of amides is 4. The highest BCUT2D eigenvalue weighted by Gasteiger charge is 2.51. The largest absolute Gasteiger partial charge is 0.450 e. The van der Waals surface area contributed by atoms with Crippen LogP contribution in [0.15, 0.2) is 51.1 Å². The fraction of sp³-hybridized carbons (Fsp3) is 0.400. The number of rotatable bonds is 3. The maximum Gasteiger partial charge on any atom is 0.335 e. The molecule has 1 saturated heterocycles. The molecule has 4 saturated carbocycles. The molecule has 6 nitrogen and oxygen atoms in total. The summed E-state index contributed by atoms with van der Waals surface area (Å²) >= 11 is 3.20. The summed E-state index contributed by atoms with van der Waals surface area (Å²) in [4.78, 5) is 39.0. The third-order valence-electron chi connectivity index (χ3n) is 7.76. The Balaban J connectivity index is 1.30. The van der Waals surface area contributed by atoms with E-state index in [-0.39, 0.29) is 11.0 Å². The Morgan fingerprint density at radius 2 is 1.56 bits per heavy atom. The summed E-state index contributed by atoms with van der Waals surface area (Å²) in [6, 6.07) is 10.4. The van der Waals surface area contributed by atoms with Gasteiger partial charge in [-0.1, -0.05) is 12.1 Å². The van der Waals surface area contributed by atoms with Crippen molar-refractivity contribution in [1.29, 1.82) is 0 Å². The summed E-state index contributed by atoms with van der Waals surface area (Å²) in [5.74, 6) is 1.49. The first kappa shape index (κ1) is 20.0. The lowest BCUT2D eigenvalue weighted by Gasteiger charge is -2.57. The summed E-state index contributed by atoms with van der Waals surface area (Å²) < 4.78 is 5.88. The fourth-order valence-corrected chi connectivity index (χ4v) is 7.19. The second-order valence-electron chi connectivity index (χ2n) is 9.84. The van der Waals surface area contributed by atoms with E-state index in [0.717, 1.165) is 22.7 Å². The molecule has 7 heteroatoms. The van der Waals surface area contributed by atoms with E-state index in [4.69, 9.17) is 4.42 Å². The van der Waals surface area contributed by atoms with Crippen LogP contribution in [0.5, 0.6) is 0 Å². The van der Waals surface area contributed by atoms with E-state index in [2.05, 4.69) is 33.4 Å². The molecular weight excluding hydrogens is 472 g/mol. The van der Waals surface area contributed by atoms with Crippen LogP contribution in [0.1, 0.15) is 49.8 Å². The van der Waals surface area contributed by atoms with Crippen molar-refractivity contribution in [2.75, 3.05) is 4.90 Å². The topological polar surface area (TPSA) is 79.6 Å². The minimum Gasteiger partial charge on any atom is -0.450 e. The molecule has 0 spiro atoms. The van der Waals surface area contributed by atoms with E-state index >= 15 is 0 Å². The van der Waals surface area contributed by atoms with Crippen LogP contribution < -0.4 is 10.2 Å². The second-order valence-corrected chi connectivity index (χ2v) is 10.6. The van der Waals surface area contributed by atoms with E-state index < -0.39 is 17.8 Å². The van der Waals surface area contributed by atoms with Crippen molar-refractivity contribution in [2.24, 2.45) is 17.8 Å². The molecule has 4 amide bonds. The van der Waals surface area contributed by atoms with Crippen molar-refractivity contribution in [2.45, 2.75) is 43.9 Å². The summed E-state index contributed by atoms with van der Waals surface area (Å²) in [7, 11) is 0. The number of barbiturate groups is 1. The molecular formula is C25H23BrN2O4. The second kappa shape index (κ2) is 7.17. The van der Waals surface area contributed by atoms with Gasteiger partial charge in [0.1, 0.15) is 11.3 Å². The molecule has 2 heterocycles. The molecule has 1 aromatic carbocycles. The molecule has 32 heavy (non-hydrogen) atoms. The summed E-state index contributed by atoms with van der Waals surface area (Å²) in [6.07, 6.45) is 9.26. The number of anilines is 1. The van der Waals surface area contributed by atoms with E-state index in [9.17, 15) is 14.4 Å². The number of urea groups is 1. The zero-order chi connectivity index (χ0) is 22.0. The highest BCUT2D eigenvalue weighted by molar-refractivity contribution is 9.10. The van der Waals surface area contributed by atoms with E-state index in [1.807, 2.05) is 12.1 Å². The van der Waals surface area contributed by atoms with Crippen molar-refractivity contribution in [1.82, 2.24) is 5.32 Å². The number of carbonyl (C=O) groups is 3. The van der Waals surface area contributed by atoms with Gasteiger partial charge in [0.05, 0.1) is 5.69 Å². The molecule has 0 atom stereocenters. The lowest BCUT2D eigenvalue weighted by molar-refractivity contribution is -0.122. The van der Waals surface area contributed by atoms with Crippen LogP contribution in [0.2, 0.25) is 0 Å².